The van der Waals surface area contributed by atoms with Gasteiger partial charge in [0.25, 0.3) is 0 Å². The van der Waals surface area contributed by atoms with Gasteiger partial charge in [-0.2, -0.15) is 0 Å². The Morgan fingerprint density at radius 3 is 2.16 bits per heavy atom. The third-order valence-corrected chi connectivity index (χ3v) is 5.23. The first-order valence-corrected chi connectivity index (χ1v) is 11.3. The number of carbonyl (C=O) groups is 2. The fraction of sp³-hybridized carbons (Fsp3) is 0.600. The third kappa shape index (κ3) is 11.9. The normalized spacial score (nSPS) is 12.3. The quantitative estimate of drug-likeness (QED) is 0.190. The van der Waals surface area contributed by atoms with Crippen LogP contribution in [-0.4, -0.2) is 35.2 Å². The highest BCUT2D eigenvalue weighted by Crippen LogP contribution is 2.26. The Labute approximate surface area is 186 Å². The summed E-state index contributed by atoms with van der Waals surface area (Å²) in [5.74, 6) is 5.78. The summed E-state index contributed by atoms with van der Waals surface area (Å²) >= 11 is 0. The van der Waals surface area contributed by atoms with E-state index in [0.29, 0.717) is 0 Å². The number of ether oxygens (including phenoxy) is 2. The molecule has 1 rings (SSSR count). The van der Waals surface area contributed by atoms with Crippen molar-refractivity contribution in [3.8, 4) is 11.8 Å². The van der Waals surface area contributed by atoms with Gasteiger partial charge >= 0.3 is 12.3 Å². The summed E-state index contributed by atoms with van der Waals surface area (Å²) in [4.78, 5) is 21.8. The van der Waals surface area contributed by atoms with Gasteiger partial charge in [0, 0.05) is 12.0 Å². The Kier molecular flexibility index (Phi) is 13.7. The molecular formula is C25H36O6. The van der Waals surface area contributed by atoms with E-state index in [1.54, 1.807) is 13.0 Å². The molecule has 2 N–H and O–H groups in total. The third-order valence-electron chi connectivity index (χ3n) is 5.23. The number of hydrogen-bond donors (Lipinski definition) is 2. The van der Waals surface area contributed by atoms with E-state index in [9.17, 15) is 9.59 Å². The molecular weight excluding hydrogens is 396 g/mol. The van der Waals surface area contributed by atoms with Gasteiger partial charge in [-0.15, -0.1) is 0 Å². The highest BCUT2D eigenvalue weighted by atomic mass is 16.7. The van der Waals surface area contributed by atoms with Crippen molar-refractivity contribution in [2.24, 2.45) is 0 Å². The first kappa shape index (κ1) is 26.4. The fourth-order valence-electron chi connectivity index (χ4n) is 3.50. The van der Waals surface area contributed by atoms with E-state index >= 15 is 0 Å². The second-order valence-corrected chi connectivity index (χ2v) is 7.74. The zero-order valence-corrected chi connectivity index (χ0v) is 18.8. The van der Waals surface area contributed by atoms with Crippen LogP contribution in [0.3, 0.4) is 0 Å². The zero-order chi connectivity index (χ0) is 22.9. The number of rotatable bonds is 14. The van der Waals surface area contributed by atoms with Crippen LogP contribution in [-0.2, 0) is 9.47 Å². The molecule has 0 aliphatic rings. The lowest BCUT2D eigenvalue weighted by Crippen LogP contribution is -2.27. The Balaban J connectivity index is 2.62. The minimum atomic E-state index is -1.42. The Morgan fingerprint density at radius 1 is 0.935 bits per heavy atom. The molecule has 1 aromatic rings. The van der Waals surface area contributed by atoms with Crippen molar-refractivity contribution in [2.45, 2.75) is 90.1 Å². The predicted octanol–water partition coefficient (Wildman–Crippen LogP) is 6.82. The Morgan fingerprint density at radius 2 is 1.55 bits per heavy atom. The minimum absolute atomic E-state index is 0.208. The number of unbranched alkanes of at least 4 members (excludes halogenated alkanes) is 9. The fourth-order valence-corrected chi connectivity index (χ4v) is 3.50. The van der Waals surface area contributed by atoms with Crippen molar-refractivity contribution >= 4 is 12.3 Å². The first-order valence-electron chi connectivity index (χ1n) is 11.3. The maximum absolute atomic E-state index is 10.9. The molecule has 6 heteroatoms. The monoisotopic (exact) mass is 432 g/mol. The molecule has 0 spiro atoms. The van der Waals surface area contributed by atoms with E-state index in [1.165, 1.54) is 51.4 Å². The van der Waals surface area contributed by atoms with Gasteiger partial charge in [0.05, 0.1) is 5.92 Å². The van der Waals surface area contributed by atoms with Crippen LogP contribution in [0, 0.1) is 11.8 Å². The smallest absolute Gasteiger partial charge is 0.450 e. The average Bonchev–Trinajstić information content (AvgIpc) is 2.72. The lowest BCUT2D eigenvalue weighted by Gasteiger charge is -2.23. The molecule has 0 radical (unpaired) electrons. The first-order chi connectivity index (χ1) is 15.0. The van der Waals surface area contributed by atoms with E-state index in [4.69, 9.17) is 19.7 Å². The topological polar surface area (TPSA) is 93.1 Å². The molecule has 0 amide bonds. The van der Waals surface area contributed by atoms with Crippen LogP contribution in [0.2, 0.25) is 0 Å². The highest BCUT2D eigenvalue weighted by Gasteiger charge is 2.26. The van der Waals surface area contributed by atoms with Crippen LogP contribution >= 0.6 is 0 Å². The second-order valence-electron chi connectivity index (χ2n) is 7.74. The van der Waals surface area contributed by atoms with Gasteiger partial charge in [-0.1, -0.05) is 88.3 Å². The van der Waals surface area contributed by atoms with Crippen LogP contribution in [0.15, 0.2) is 24.3 Å². The van der Waals surface area contributed by atoms with Crippen molar-refractivity contribution in [1.29, 1.82) is 0 Å². The molecule has 172 valence electrons. The van der Waals surface area contributed by atoms with Crippen molar-refractivity contribution in [3.63, 3.8) is 0 Å². The molecule has 0 saturated carbocycles. The molecule has 0 saturated heterocycles. The molecule has 31 heavy (non-hydrogen) atoms. The minimum Gasteiger partial charge on any atom is -0.450 e. The van der Waals surface area contributed by atoms with Gasteiger partial charge < -0.3 is 19.7 Å². The molecule has 2 unspecified atom stereocenters. The van der Waals surface area contributed by atoms with Crippen LogP contribution in [0.1, 0.15) is 95.1 Å². The number of hydrogen-bond acceptors (Lipinski definition) is 4. The van der Waals surface area contributed by atoms with Crippen LogP contribution in [0.5, 0.6) is 0 Å². The molecule has 6 nitrogen and oxygen atoms in total. The summed E-state index contributed by atoms with van der Waals surface area (Å²) in [6, 6.07) is 7.31. The van der Waals surface area contributed by atoms with Crippen LogP contribution in [0.25, 0.3) is 0 Å². The van der Waals surface area contributed by atoms with Crippen LogP contribution in [0.4, 0.5) is 9.59 Å². The standard InChI is InChI=1S/C25H36O6/c1-3-4-5-6-7-8-9-10-11-12-13-16-21-17-14-15-18-22(21)23(19-30-24(26)27)20(2)31-25(28)29/h14-15,17-18,20,23H,3-12,19H2,1-2H3,(H,26,27)(H,28,29). The van der Waals surface area contributed by atoms with Crippen LogP contribution < -0.4 is 0 Å². The Bertz CT molecular complexity index is 718. The highest BCUT2D eigenvalue weighted by molar-refractivity contribution is 5.58. The maximum atomic E-state index is 10.9. The zero-order valence-electron chi connectivity index (χ0n) is 18.8. The molecule has 0 aliphatic heterocycles. The largest absolute Gasteiger partial charge is 0.506 e. The molecule has 2 atom stereocenters. The van der Waals surface area contributed by atoms with Crippen molar-refractivity contribution in [2.75, 3.05) is 6.61 Å². The molecule has 1 aromatic carbocycles. The predicted molar refractivity (Wildman–Crippen MR) is 120 cm³/mol. The van der Waals surface area contributed by atoms with E-state index in [2.05, 4.69) is 18.8 Å². The van der Waals surface area contributed by atoms with Crippen molar-refractivity contribution in [3.05, 3.63) is 35.4 Å². The summed E-state index contributed by atoms with van der Waals surface area (Å²) in [5.41, 5.74) is 1.45. The van der Waals surface area contributed by atoms with Gasteiger partial charge in [-0.25, -0.2) is 9.59 Å². The second kappa shape index (κ2) is 16.1. The lowest BCUT2D eigenvalue weighted by molar-refractivity contribution is 0.0270. The van der Waals surface area contributed by atoms with Gasteiger partial charge in [0.15, 0.2) is 0 Å². The molecule has 0 bridgehead atoms. The van der Waals surface area contributed by atoms with Crippen molar-refractivity contribution < 1.29 is 29.3 Å². The van der Waals surface area contributed by atoms with E-state index in [-0.39, 0.29) is 6.61 Å². The van der Waals surface area contributed by atoms with Gasteiger partial charge in [-0.3, -0.25) is 0 Å². The summed E-state index contributed by atoms with van der Waals surface area (Å²) in [5, 5.41) is 17.8. The Hall–Kier alpha value is -2.68. The summed E-state index contributed by atoms with van der Waals surface area (Å²) in [6.45, 7) is 3.60. The molecule has 0 heterocycles. The summed E-state index contributed by atoms with van der Waals surface area (Å²) < 4.78 is 9.58. The van der Waals surface area contributed by atoms with Gasteiger partial charge in [0.1, 0.15) is 12.7 Å². The number of benzene rings is 1. The van der Waals surface area contributed by atoms with Gasteiger partial charge in [0.2, 0.25) is 0 Å². The molecule has 0 aromatic heterocycles. The maximum Gasteiger partial charge on any atom is 0.506 e. The number of carboxylic acid groups (broad SMARTS) is 2. The summed E-state index contributed by atoms with van der Waals surface area (Å²) in [7, 11) is 0. The average molecular weight is 433 g/mol. The van der Waals surface area contributed by atoms with Crippen molar-refractivity contribution in [1.82, 2.24) is 0 Å². The lowest BCUT2D eigenvalue weighted by atomic mass is 9.91. The molecule has 0 aliphatic carbocycles. The molecule has 0 fully saturated rings. The summed E-state index contributed by atoms with van der Waals surface area (Å²) in [6.07, 6.45) is 8.53. The SMILES string of the molecule is CCCCCCCCCCCC#Cc1ccccc1C(COC(=O)O)C(C)OC(=O)O. The van der Waals surface area contributed by atoms with Gasteiger partial charge in [-0.05, 0) is 25.0 Å². The van der Waals surface area contributed by atoms with E-state index in [1.807, 2.05) is 18.2 Å². The van der Waals surface area contributed by atoms with E-state index < -0.39 is 24.3 Å². The van der Waals surface area contributed by atoms with E-state index in [0.717, 1.165) is 24.0 Å².